The summed E-state index contributed by atoms with van der Waals surface area (Å²) in [6.45, 7) is 14.1. The molecular formula is C41H39NO2. The molecule has 5 rings (SSSR count). The molecule has 0 aliphatic heterocycles. The Morgan fingerprint density at radius 2 is 1.25 bits per heavy atom. The van der Waals surface area contributed by atoms with E-state index in [1.165, 1.54) is 39.0 Å². The van der Waals surface area contributed by atoms with Crippen molar-refractivity contribution in [1.82, 2.24) is 0 Å². The first-order valence-electron chi connectivity index (χ1n) is 14.9. The molecule has 44 heavy (non-hydrogen) atoms. The van der Waals surface area contributed by atoms with Crippen molar-refractivity contribution < 1.29 is 9.53 Å². The van der Waals surface area contributed by atoms with Gasteiger partial charge in [0.05, 0.1) is 5.69 Å². The van der Waals surface area contributed by atoms with E-state index in [1.807, 2.05) is 12.1 Å². The Balaban J connectivity index is 1.53. The summed E-state index contributed by atoms with van der Waals surface area (Å²) in [7, 11) is 0. The number of nitrogens with zero attached hydrogens (tertiary/aromatic N) is 1. The molecule has 5 aromatic carbocycles. The van der Waals surface area contributed by atoms with E-state index >= 15 is 0 Å². The fraction of sp³-hybridized carbons (Fsp3) is 0.146. The van der Waals surface area contributed by atoms with Crippen LogP contribution in [0.2, 0.25) is 0 Å². The molecule has 0 unspecified atom stereocenters. The third-order valence-corrected chi connectivity index (χ3v) is 7.68. The van der Waals surface area contributed by atoms with Crippen LogP contribution in [0.25, 0.3) is 11.6 Å². The number of benzene rings is 5. The summed E-state index contributed by atoms with van der Waals surface area (Å²) in [6, 6.07) is 40.6. The van der Waals surface area contributed by atoms with Crippen molar-refractivity contribution in [2.75, 3.05) is 4.90 Å². The second-order valence-electron chi connectivity index (χ2n) is 11.5. The number of hydrogen-bond acceptors (Lipinski definition) is 3. The van der Waals surface area contributed by atoms with Gasteiger partial charge in [0, 0.05) is 16.9 Å². The van der Waals surface area contributed by atoms with Crippen molar-refractivity contribution >= 4 is 34.7 Å². The van der Waals surface area contributed by atoms with Gasteiger partial charge in [-0.3, -0.25) is 0 Å². The minimum atomic E-state index is -0.381. The van der Waals surface area contributed by atoms with Crippen molar-refractivity contribution in [1.29, 1.82) is 0 Å². The standard InChI is InChI=1S/C41H39NO2/c1-28(2)41(43)44-27-34-16-22-38(23-17-34)42(40-31(5)24-30(4)25-32(40)6)37-20-14-33(15-21-37)26-39(35-10-8-7-9-11-35)36-18-12-29(3)13-19-36/h7-26H,1,27H2,2-6H3/b39-26+. The molecule has 0 atom stereocenters. The largest absolute Gasteiger partial charge is 0.457 e. The number of anilines is 3. The Labute approximate surface area is 261 Å². The Kier molecular flexibility index (Phi) is 9.26. The number of ether oxygens (including phenoxy) is 1. The molecule has 0 radical (unpaired) electrons. The zero-order valence-electron chi connectivity index (χ0n) is 26.2. The van der Waals surface area contributed by atoms with E-state index in [0.29, 0.717) is 5.57 Å². The first-order valence-corrected chi connectivity index (χ1v) is 14.9. The van der Waals surface area contributed by atoms with Crippen LogP contribution in [0.3, 0.4) is 0 Å². The molecule has 0 spiro atoms. The summed E-state index contributed by atoms with van der Waals surface area (Å²) in [5.74, 6) is -0.381. The van der Waals surface area contributed by atoms with E-state index < -0.39 is 0 Å². The lowest BCUT2D eigenvalue weighted by molar-refractivity contribution is -0.140. The summed E-state index contributed by atoms with van der Waals surface area (Å²) in [6.07, 6.45) is 2.26. The van der Waals surface area contributed by atoms with Gasteiger partial charge in [-0.2, -0.15) is 0 Å². The molecule has 0 saturated heterocycles. The molecule has 0 aromatic heterocycles. The molecule has 5 aromatic rings. The van der Waals surface area contributed by atoms with Crippen LogP contribution < -0.4 is 4.90 Å². The molecule has 0 N–H and O–H groups in total. The highest BCUT2D eigenvalue weighted by molar-refractivity contribution is 5.92. The number of esters is 1. The lowest BCUT2D eigenvalue weighted by atomic mass is 9.95. The van der Waals surface area contributed by atoms with E-state index in [-0.39, 0.29) is 12.6 Å². The summed E-state index contributed by atoms with van der Waals surface area (Å²) in [5.41, 5.74) is 14.1. The molecule has 0 aliphatic carbocycles. The zero-order chi connectivity index (χ0) is 31.2. The Bertz CT molecular complexity index is 1770. The molecule has 0 saturated carbocycles. The van der Waals surface area contributed by atoms with Gasteiger partial charge in [-0.05, 0) is 104 Å². The second-order valence-corrected chi connectivity index (χ2v) is 11.5. The highest BCUT2D eigenvalue weighted by Gasteiger charge is 2.18. The second kappa shape index (κ2) is 13.4. The Morgan fingerprint density at radius 1 is 0.705 bits per heavy atom. The molecule has 0 bridgehead atoms. The van der Waals surface area contributed by atoms with Crippen LogP contribution >= 0.6 is 0 Å². The maximum atomic E-state index is 11.9. The van der Waals surface area contributed by atoms with Gasteiger partial charge in [-0.15, -0.1) is 0 Å². The van der Waals surface area contributed by atoms with Gasteiger partial charge >= 0.3 is 5.97 Å². The molecule has 3 nitrogen and oxygen atoms in total. The third kappa shape index (κ3) is 7.07. The average molecular weight is 578 g/mol. The number of hydrogen-bond donors (Lipinski definition) is 0. The quantitative estimate of drug-likeness (QED) is 0.0991. The van der Waals surface area contributed by atoms with Crippen LogP contribution in [0.5, 0.6) is 0 Å². The van der Waals surface area contributed by atoms with Crippen molar-refractivity contribution in [3.63, 3.8) is 0 Å². The van der Waals surface area contributed by atoms with Gasteiger partial charge in [-0.25, -0.2) is 4.79 Å². The number of aryl methyl sites for hydroxylation is 4. The van der Waals surface area contributed by atoms with Gasteiger partial charge < -0.3 is 9.64 Å². The van der Waals surface area contributed by atoms with Crippen LogP contribution in [-0.2, 0) is 16.1 Å². The van der Waals surface area contributed by atoms with Gasteiger partial charge in [0.1, 0.15) is 6.61 Å². The fourth-order valence-corrected chi connectivity index (χ4v) is 5.52. The van der Waals surface area contributed by atoms with E-state index in [2.05, 4.69) is 148 Å². The monoisotopic (exact) mass is 577 g/mol. The van der Waals surface area contributed by atoms with E-state index in [1.54, 1.807) is 6.92 Å². The summed E-state index contributed by atoms with van der Waals surface area (Å²) < 4.78 is 5.37. The van der Waals surface area contributed by atoms with Crippen LogP contribution in [0.15, 0.2) is 127 Å². The smallest absolute Gasteiger partial charge is 0.333 e. The molecule has 0 aliphatic rings. The number of rotatable bonds is 9. The normalized spacial score (nSPS) is 11.2. The first-order chi connectivity index (χ1) is 21.2. The Morgan fingerprint density at radius 3 is 1.82 bits per heavy atom. The predicted molar refractivity (Wildman–Crippen MR) is 185 cm³/mol. The van der Waals surface area contributed by atoms with Crippen LogP contribution in [-0.4, -0.2) is 5.97 Å². The SMILES string of the molecule is C=C(C)C(=O)OCc1ccc(N(c2ccc(/C=C(\c3ccccc3)c3ccc(C)cc3)cc2)c2c(C)cc(C)cc2C)cc1. The topological polar surface area (TPSA) is 29.5 Å². The fourth-order valence-electron chi connectivity index (χ4n) is 5.52. The lowest BCUT2D eigenvalue weighted by Gasteiger charge is -2.29. The molecule has 3 heteroatoms. The van der Waals surface area contributed by atoms with Gasteiger partial charge in [-0.1, -0.05) is 109 Å². The zero-order valence-corrected chi connectivity index (χ0v) is 26.2. The summed E-state index contributed by atoms with van der Waals surface area (Å²) in [5, 5.41) is 0. The molecule has 220 valence electrons. The summed E-state index contributed by atoms with van der Waals surface area (Å²) >= 11 is 0. The maximum Gasteiger partial charge on any atom is 0.333 e. The number of carbonyl (C=O) groups excluding carboxylic acids is 1. The van der Waals surface area contributed by atoms with Crippen molar-refractivity contribution in [2.24, 2.45) is 0 Å². The van der Waals surface area contributed by atoms with Crippen LogP contribution in [0, 0.1) is 27.7 Å². The first kappa shape index (κ1) is 30.3. The lowest BCUT2D eigenvalue weighted by Crippen LogP contribution is -2.13. The van der Waals surface area contributed by atoms with E-state index in [9.17, 15) is 4.79 Å². The highest BCUT2D eigenvalue weighted by atomic mass is 16.5. The van der Waals surface area contributed by atoms with E-state index in [0.717, 1.165) is 28.2 Å². The average Bonchev–Trinajstić information content (AvgIpc) is 3.02. The predicted octanol–water partition coefficient (Wildman–Crippen LogP) is 10.6. The van der Waals surface area contributed by atoms with Crippen LogP contribution in [0.1, 0.15) is 51.4 Å². The highest BCUT2D eigenvalue weighted by Crippen LogP contribution is 2.39. The third-order valence-electron chi connectivity index (χ3n) is 7.68. The molecular weight excluding hydrogens is 538 g/mol. The Hall–Kier alpha value is -5.15. The maximum absolute atomic E-state index is 11.9. The molecule has 0 fully saturated rings. The van der Waals surface area contributed by atoms with E-state index in [4.69, 9.17) is 4.74 Å². The molecule has 0 heterocycles. The van der Waals surface area contributed by atoms with Gasteiger partial charge in [0.2, 0.25) is 0 Å². The van der Waals surface area contributed by atoms with Gasteiger partial charge in [0.15, 0.2) is 0 Å². The molecule has 0 amide bonds. The minimum Gasteiger partial charge on any atom is -0.457 e. The van der Waals surface area contributed by atoms with Gasteiger partial charge in [0.25, 0.3) is 0 Å². The summed E-state index contributed by atoms with van der Waals surface area (Å²) in [4.78, 5) is 14.2. The van der Waals surface area contributed by atoms with Crippen molar-refractivity contribution in [3.05, 3.63) is 172 Å². The van der Waals surface area contributed by atoms with Crippen molar-refractivity contribution in [3.8, 4) is 0 Å². The minimum absolute atomic E-state index is 0.209. The van der Waals surface area contributed by atoms with Crippen molar-refractivity contribution in [2.45, 2.75) is 41.2 Å². The van der Waals surface area contributed by atoms with Crippen LogP contribution in [0.4, 0.5) is 17.1 Å². The number of carbonyl (C=O) groups is 1.